The molecule has 2 N–H and O–H groups in total. The average Bonchev–Trinajstić information content (AvgIpc) is 3.02. The van der Waals surface area contributed by atoms with Crippen molar-refractivity contribution in [3.63, 3.8) is 0 Å². The van der Waals surface area contributed by atoms with E-state index < -0.39 is 24.3 Å². The van der Waals surface area contributed by atoms with E-state index in [-0.39, 0.29) is 50.4 Å². The maximum Gasteiger partial charge on any atom is 0.407 e. The summed E-state index contributed by atoms with van der Waals surface area (Å²) in [5, 5.41) is 8.60. The lowest BCUT2D eigenvalue weighted by atomic mass is 10.0. The van der Waals surface area contributed by atoms with Crippen LogP contribution in [0.5, 0.6) is 0 Å². The number of hydrogen-bond donors (Lipinski definition) is 2. The molecule has 0 spiro atoms. The summed E-state index contributed by atoms with van der Waals surface area (Å²) in [4.78, 5) is 55.9. The number of rotatable bonds is 13. The topological polar surface area (TPSA) is 115 Å². The highest BCUT2D eigenvalue weighted by atomic mass is 19.1. The summed E-state index contributed by atoms with van der Waals surface area (Å²) in [7, 11) is 1.67. The Hall–Kier alpha value is -4.45. The van der Waals surface area contributed by atoms with Crippen LogP contribution in [0.4, 0.5) is 14.0 Å². The van der Waals surface area contributed by atoms with Crippen LogP contribution in [0, 0.1) is 12.7 Å². The molecule has 2 heterocycles. The number of fused-ring (bicyclic) bond motifs is 1. The van der Waals surface area contributed by atoms with Gasteiger partial charge in [-0.05, 0) is 62.3 Å². The minimum absolute atomic E-state index is 0.0765. The second kappa shape index (κ2) is 16.0. The standard InChI is InChI=1S/C33H43FN6O5/c1-4-20-45-33(44)35-18-7-9-28-31(42)38(19-6-5-8-25-12-10-24(2)11-13-25)22-29-39(28)30(41)23-37(3)40(29)32(43)36-21-26-14-16-27(34)17-15-26/h4,10-17,28-29H,1,5-9,18-23H2,2-3H3,(H,35,44)(H,36,43)/t28-,29-/m0/s1. The summed E-state index contributed by atoms with van der Waals surface area (Å²) in [6.45, 7) is 6.66. The van der Waals surface area contributed by atoms with Crippen molar-refractivity contribution in [2.45, 2.75) is 57.8 Å². The molecule has 2 saturated heterocycles. The van der Waals surface area contributed by atoms with Gasteiger partial charge < -0.3 is 25.2 Å². The zero-order valence-corrected chi connectivity index (χ0v) is 26.0. The summed E-state index contributed by atoms with van der Waals surface area (Å²) in [6, 6.07) is 13.0. The van der Waals surface area contributed by atoms with Gasteiger partial charge in [-0.25, -0.2) is 24.0 Å². The lowest BCUT2D eigenvalue weighted by Gasteiger charge is -2.54. The van der Waals surface area contributed by atoms with E-state index in [0.717, 1.165) is 24.8 Å². The fraction of sp³-hybridized carbons (Fsp3) is 0.455. The number of halogens is 1. The Labute approximate surface area is 263 Å². The Balaban J connectivity index is 1.46. The van der Waals surface area contributed by atoms with Crippen molar-refractivity contribution < 1.29 is 28.3 Å². The van der Waals surface area contributed by atoms with Crippen molar-refractivity contribution in [2.24, 2.45) is 0 Å². The number of carbonyl (C=O) groups excluding carboxylic acids is 4. The van der Waals surface area contributed by atoms with Gasteiger partial charge in [-0.1, -0.05) is 54.6 Å². The zero-order valence-electron chi connectivity index (χ0n) is 26.0. The summed E-state index contributed by atoms with van der Waals surface area (Å²) >= 11 is 0. The first kappa shape index (κ1) is 33.4. The monoisotopic (exact) mass is 622 g/mol. The third-order valence-corrected chi connectivity index (χ3v) is 8.02. The van der Waals surface area contributed by atoms with E-state index in [0.29, 0.717) is 19.4 Å². The number of carbonyl (C=O) groups is 4. The number of piperazine rings is 1. The van der Waals surface area contributed by atoms with Gasteiger partial charge in [0.15, 0.2) is 0 Å². The number of nitrogens with zero attached hydrogens (tertiary/aromatic N) is 4. The molecule has 2 atom stereocenters. The molecule has 2 aromatic carbocycles. The third-order valence-electron chi connectivity index (χ3n) is 8.02. The van der Waals surface area contributed by atoms with Crippen molar-refractivity contribution in [3.05, 3.63) is 83.7 Å². The molecular formula is C33H43FN6O5. The molecule has 0 radical (unpaired) electrons. The Morgan fingerprint density at radius 2 is 1.73 bits per heavy atom. The fourth-order valence-electron chi connectivity index (χ4n) is 5.70. The summed E-state index contributed by atoms with van der Waals surface area (Å²) in [6.07, 6.45) is 3.42. The molecule has 0 unspecified atom stereocenters. The largest absolute Gasteiger partial charge is 0.445 e. The van der Waals surface area contributed by atoms with Gasteiger partial charge in [0.25, 0.3) is 0 Å². The highest BCUT2D eigenvalue weighted by molar-refractivity contribution is 5.91. The van der Waals surface area contributed by atoms with E-state index in [4.69, 9.17) is 4.74 Å². The summed E-state index contributed by atoms with van der Waals surface area (Å²) in [5.74, 6) is -0.781. The SMILES string of the molecule is C=CCOC(=O)NCCC[C@H]1C(=O)N(CCCCc2ccc(C)cc2)C[C@H]2N1C(=O)CN(C)N2C(=O)NCc1ccc(F)cc1. The number of nitrogens with one attached hydrogen (secondary N) is 2. The van der Waals surface area contributed by atoms with E-state index in [1.807, 2.05) is 0 Å². The maximum absolute atomic E-state index is 13.8. The van der Waals surface area contributed by atoms with Crippen molar-refractivity contribution in [2.75, 3.05) is 39.8 Å². The van der Waals surface area contributed by atoms with Gasteiger partial charge >= 0.3 is 12.1 Å². The normalized spacial score (nSPS) is 18.4. The minimum Gasteiger partial charge on any atom is -0.445 e. The number of urea groups is 1. The molecule has 2 aliphatic heterocycles. The van der Waals surface area contributed by atoms with Crippen LogP contribution in [0.15, 0.2) is 61.2 Å². The Kier molecular flexibility index (Phi) is 11.9. The van der Waals surface area contributed by atoms with Gasteiger partial charge in [-0.2, -0.15) is 0 Å². The van der Waals surface area contributed by atoms with Crippen LogP contribution in [-0.4, -0.2) is 95.8 Å². The van der Waals surface area contributed by atoms with E-state index in [1.54, 1.807) is 29.1 Å². The van der Waals surface area contributed by atoms with Crippen LogP contribution < -0.4 is 10.6 Å². The lowest BCUT2D eigenvalue weighted by molar-refractivity contribution is -0.187. The van der Waals surface area contributed by atoms with Crippen molar-refractivity contribution >= 4 is 23.9 Å². The lowest BCUT2D eigenvalue weighted by Crippen LogP contribution is -2.76. The van der Waals surface area contributed by atoms with Crippen LogP contribution in [0.3, 0.4) is 0 Å². The summed E-state index contributed by atoms with van der Waals surface area (Å²) < 4.78 is 18.3. The highest BCUT2D eigenvalue weighted by Gasteiger charge is 2.50. The quantitative estimate of drug-likeness (QED) is 0.261. The Bertz CT molecular complexity index is 1340. The number of likely N-dealkylation sites (N-methyl/N-ethyl adjacent to an activating group) is 1. The molecule has 5 amide bonds. The summed E-state index contributed by atoms with van der Waals surface area (Å²) in [5.41, 5.74) is 3.16. The number of hydrogen-bond acceptors (Lipinski definition) is 6. The number of benzene rings is 2. The van der Waals surface area contributed by atoms with E-state index in [2.05, 4.69) is 48.4 Å². The van der Waals surface area contributed by atoms with Crippen LogP contribution >= 0.6 is 0 Å². The molecule has 0 aliphatic carbocycles. The fourth-order valence-corrected chi connectivity index (χ4v) is 5.70. The van der Waals surface area contributed by atoms with E-state index in [9.17, 15) is 23.6 Å². The number of alkyl carbamates (subject to hydrolysis) is 1. The Morgan fingerprint density at radius 3 is 2.44 bits per heavy atom. The smallest absolute Gasteiger partial charge is 0.407 e. The van der Waals surface area contributed by atoms with Gasteiger partial charge in [-0.3, -0.25) is 9.59 Å². The van der Waals surface area contributed by atoms with E-state index >= 15 is 0 Å². The first-order valence-corrected chi connectivity index (χ1v) is 15.4. The first-order chi connectivity index (χ1) is 21.7. The Morgan fingerprint density at radius 1 is 1.02 bits per heavy atom. The third kappa shape index (κ3) is 9.04. The number of hydrazine groups is 1. The predicted octanol–water partition coefficient (Wildman–Crippen LogP) is 3.59. The van der Waals surface area contributed by atoms with Gasteiger partial charge in [0, 0.05) is 26.7 Å². The van der Waals surface area contributed by atoms with Gasteiger partial charge in [0.05, 0.1) is 13.1 Å². The van der Waals surface area contributed by atoms with Gasteiger partial charge in [0.2, 0.25) is 11.8 Å². The molecule has 0 saturated carbocycles. The molecule has 11 nitrogen and oxygen atoms in total. The van der Waals surface area contributed by atoms with Gasteiger partial charge in [0.1, 0.15) is 24.6 Å². The number of amides is 5. The van der Waals surface area contributed by atoms with Crippen molar-refractivity contribution in [3.8, 4) is 0 Å². The number of ether oxygens (including phenoxy) is 1. The highest BCUT2D eigenvalue weighted by Crippen LogP contribution is 2.28. The van der Waals surface area contributed by atoms with Crippen molar-refractivity contribution in [1.29, 1.82) is 0 Å². The molecule has 0 bridgehead atoms. The second-order valence-electron chi connectivity index (χ2n) is 11.4. The van der Waals surface area contributed by atoms with E-state index in [1.165, 1.54) is 39.2 Å². The van der Waals surface area contributed by atoms with Crippen LogP contribution in [0.1, 0.15) is 42.4 Å². The molecule has 242 valence electrons. The molecule has 45 heavy (non-hydrogen) atoms. The van der Waals surface area contributed by atoms with Gasteiger partial charge in [-0.15, -0.1) is 0 Å². The molecule has 2 aromatic rings. The van der Waals surface area contributed by atoms with Crippen molar-refractivity contribution in [1.82, 2.24) is 30.5 Å². The first-order valence-electron chi connectivity index (χ1n) is 15.4. The predicted molar refractivity (Wildman–Crippen MR) is 167 cm³/mol. The zero-order chi connectivity index (χ0) is 32.3. The second-order valence-corrected chi connectivity index (χ2v) is 11.4. The van der Waals surface area contributed by atoms with Crippen LogP contribution in [0.2, 0.25) is 0 Å². The molecule has 0 aromatic heterocycles. The molecule has 4 rings (SSSR count). The minimum atomic E-state index is -0.791. The van der Waals surface area contributed by atoms with Crippen LogP contribution in [0.25, 0.3) is 0 Å². The molecule has 2 fully saturated rings. The maximum atomic E-state index is 13.8. The molecule has 12 heteroatoms. The number of aryl methyl sites for hydroxylation is 2. The van der Waals surface area contributed by atoms with Crippen LogP contribution in [-0.2, 0) is 27.3 Å². The molecular weight excluding hydrogens is 579 g/mol. The average molecular weight is 623 g/mol. The number of unbranched alkanes of at least 4 members (excludes halogenated alkanes) is 1. The molecule has 2 aliphatic rings.